The van der Waals surface area contributed by atoms with Gasteiger partial charge >= 0.3 is 12.1 Å². The van der Waals surface area contributed by atoms with Crippen LogP contribution in [-0.4, -0.2) is 56.5 Å². The summed E-state index contributed by atoms with van der Waals surface area (Å²) in [7, 11) is 0. The van der Waals surface area contributed by atoms with E-state index in [4.69, 9.17) is 14.2 Å². The lowest BCUT2D eigenvalue weighted by Crippen LogP contribution is -2.25. The van der Waals surface area contributed by atoms with Crippen LogP contribution in [0.4, 0.5) is 4.79 Å². The van der Waals surface area contributed by atoms with E-state index in [2.05, 4.69) is 39.5 Å². The molecule has 0 aromatic heterocycles. The summed E-state index contributed by atoms with van der Waals surface area (Å²) in [5, 5.41) is 0. The second-order valence-corrected chi connectivity index (χ2v) is 10.5. The molecular weight excluding hydrogens is 466 g/mol. The number of unbranched alkanes of at least 4 members (excludes halogenated alkanes) is 8. The summed E-state index contributed by atoms with van der Waals surface area (Å²) in [6, 6.07) is 0. The number of ether oxygens (including phenoxy) is 3. The number of hydrogen-bond acceptors (Lipinski definition) is 6. The Labute approximate surface area is 229 Å². The van der Waals surface area contributed by atoms with Crippen molar-refractivity contribution < 1.29 is 23.8 Å². The van der Waals surface area contributed by atoms with Gasteiger partial charge in [0.05, 0.1) is 13.2 Å². The molecule has 6 nitrogen and oxygen atoms in total. The first-order valence-corrected chi connectivity index (χ1v) is 15.5. The third-order valence-corrected chi connectivity index (χ3v) is 7.08. The van der Waals surface area contributed by atoms with E-state index in [0.717, 1.165) is 44.8 Å². The van der Waals surface area contributed by atoms with Crippen molar-refractivity contribution in [1.29, 1.82) is 0 Å². The van der Waals surface area contributed by atoms with Gasteiger partial charge in [-0.1, -0.05) is 105 Å². The van der Waals surface area contributed by atoms with Crippen LogP contribution in [0, 0.1) is 18.8 Å². The molecule has 1 radical (unpaired) electrons. The first-order valence-electron chi connectivity index (χ1n) is 15.5. The molecule has 0 amide bonds. The van der Waals surface area contributed by atoms with E-state index in [1.54, 1.807) is 0 Å². The zero-order valence-electron chi connectivity index (χ0n) is 24.9. The first kappa shape index (κ1) is 35.7. The molecule has 0 saturated carbocycles. The summed E-state index contributed by atoms with van der Waals surface area (Å²) in [4.78, 5) is 26.2. The minimum absolute atomic E-state index is 0.0836. The SMILES string of the molecule is [CH2]C(COC(=O)CCCC(CCCCCCC)CCCCCCC)COC(=O)OCCCN(CC)CC. The number of hydrogen-bond donors (Lipinski definition) is 0. The molecule has 0 rings (SSSR count). The molecule has 0 spiro atoms. The second-order valence-electron chi connectivity index (χ2n) is 10.5. The van der Waals surface area contributed by atoms with Gasteiger partial charge in [0.15, 0.2) is 0 Å². The van der Waals surface area contributed by atoms with Gasteiger partial charge in [-0.25, -0.2) is 4.79 Å². The van der Waals surface area contributed by atoms with Crippen molar-refractivity contribution in [3.8, 4) is 0 Å². The van der Waals surface area contributed by atoms with Gasteiger partial charge in [0.2, 0.25) is 0 Å². The molecule has 0 fully saturated rings. The van der Waals surface area contributed by atoms with E-state index >= 15 is 0 Å². The van der Waals surface area contributed by atoms with Gasteiger partial charge in [-0.2, -0.15) is 0 Å². The Morgan fingerprint density at radius 2 is 1.22 bits per heavy atom. The van der Waals surface area contributed by atoms with Crippen molar-refractivity contribution in [2.24, 2.45) is 11.8 Å². The van der Waals surface area contributed by atoms with Crippen LogP contribution < -0.4 is 0 Å². The standard InChI is InChI=1S/C31H60NO5/c1-6-10-12-14-16-20-29(21-17-15-13-11-7-2)22-18-23-30(33)36-26-28(5)27-37-31(34)35-25-19-24-32(8-3)9-4/h28-29H,5-27H2,1-4H3. The second kappa shape index (κ2) is 26.3. The maximum Gasteiger partial charge on any atom is 0.508 e. The van der Waals surface area contributed by atoms with E-state index in [1.165, 1.54) is 77.0 Å². The van der Waals surface area contributed by atoms with Crippen LogP contribution in [0.25, 0.3) is 0 Å². The number of carbonyl (C=O) groups excluding carboxylic acids is 2. The summed E-state index contributed by atoms with van der Waals surface area (Å²) in [5.74, 6) is 0.242. The molecule has 0 aliphatic carbocycles. The Bertz CT molecular complexity index is 510. The van der Waals surface area contributed by atoms with Crippen LogP contribution in [0.5, 0.6) is 0 Å². The van der Waals surface area contributed by atoms with Gasteiger partial charge in [0, 0.05) is 18.9 Å². The van der Waals surface area contributed by atoms with Crippen LogP contribution in [0.3, 0.4) is 0 Å². The number of carbonyl (C=O) groups is 2. The van der Waals surface area contributed by atoms with Gasteiger partial charge in [0.25, 0.3) is 0 Å². The Morgan fingerprint density at radius 1 is 0.676 bits per heavy atom. The van der Waals surface area contributed by atoms with Gasteiger partial charge < -0.3 is 19.1 Å². The normalized spacial score (nSPS) is 12.2. The minimum atomic E-state index is -0.685. The van der Waals surface area contributed by atoms with Crippen LogP contribution in [0.2, 0.25) is 0 Å². The number of nitrogens with zero attached hydrogens (tertiary/aromatic N) is 1. The molecule has 0 aliphatic rings. The summed E-state index contributed by atoms with van der Waals surface area (Å²) in [6.07, 6.45) is 18.3. The molecule has 1 atom stereocenters. The molecule has 0 N–H and O–H groups in total. The Balaban J connectivity index is 4.03. The first-order chi connectivity index (χ1) is 18.0. The summed E-state index contributed by atoms with van der Waals surface area (Å²) < 4.78 is 15.6. The molecule has 0 heterocycles. The average molecular weight is 527 g/mol. The molecule has 0 aromatic rings. The predicted molar refractivity (Wildman–Crippen MR) is 154 cm³/mol. The van der Waals surface area contributed by atoms with Gasteiger partial charge in [-0.3, -0.25) is 4.79 Å². The lowest BCUT2D eigenvalue weighted by molar-refractivity contribution is -0.145. The molecule has 0 bridgehead atoms. The van der Waals surface area contributed by atoms with E-state index < -0.39 is 6.16 Å². The van der Waals surface area contributed by atoms with Crippen molar-refractivity contribution >= 4 is 12.1 Å². The number of rotatable bonds is 26. The molecule has 1 unspecified atom stereocenters. The van der Waals surface area contributed by atoms with Crippen LogP contribution in [0.1, 0.15) is 130 Å². The molecule has 0 aromatic carbocycles. The maximum absolute atomic E-state index is 12.2. The fourth-order valence-electron chi connectivity index (χ4n) is 4.58. The largest absolute Gasteiger partial charge is 0.508 e. The fraction of sp³-hybridized carbons (Fsp3) is 0.903. The summed E-state index contributed by atoms with van der Waals surface area (Å²) in [6.45, 7) is 16.1. The molecule has 0 aliphatic heterocycles. The lowest BCUT2D eigenvalue weighted by Gasteiger charge is -2.18. The van der Waals surface area contributed by atoms with Gasteiger partial charge in [-0.15, -0.1) is 0 Å². The van der Waals surface area contributed by atoms with Crippen LogP contribution >= 0.6 is 0 Å². The quantitative estimate of drug-likeness (QED) is 0.0833. The molecule has 6 heteroatoms. The third-order valence-electron chi connectivity index (χ3n) is 7.08. The third kappa shape index (κ3) is 23.5. The van der Waals surface area contributed by atoms with Crippen LogP contribution in [-0.2, 0) is 19.0 Å². The zero-order chi connectivity index (χ0) is 27.6. The highest BCUT2D eigenvalue weighted by molar-refractivity contribution is 5.69. The van der Waals surface area contributed by atoms with Crippen molar-refractivity contribution in [1.82, 2.24) is 4.90 Å². The van der Waals surface area contributed by atoms with Gasteiger partial charge in [-0.05, 0) is 45.2 Å². The van der Waals surface area contributed by atoms with Crippen LogP contribution in [0.15, 0.2) is 0 Å². The highest BCUT2D eigenvalue weighted by Crippen LogP contribution is 2.24. The van der Waals surface area contributed by atoms with E-state index in [0.29, 0.717) is 13.0 Å². The highest BCUT2D eigenvalue weighted by Gasteiger charge is 2.14. The lowest BCUT2D eigenvalue weighted by atomic mass is 9.90. The van der Waals surface area contributed by atoms with E-state index in [9.17, 15) is 9.59 Å². The topological polar surface area (TPSA) is 65.1 Å². The van der Waals surface area contributed by atoms with E-state index in [1.807, 2.05) is 0 Å². The van der Waals surface area contributed by atoms with Crippen molar-refractivity contribution in [3.05, 3.63) is 6.92 Å². The maximum atomic E-state index is 12.2. The molecule has 219 valence electrons. The van der Waals surface area contributed by atoms with E-state index in [-0.39, 0.29) is 25.1 Å². The Kier molecular flexibility index (Phi) is 25.4. The smallest absolute Gasteiger partial charge is 0.465 e. The average Bonchev–Trinajstić information content (AvgIpc) is 2.90. The highest BCUT2D eigenvalue weighted by atomic mass is 16.7. The zero-order valence-corrected chi connectivity index (χ0v) is 24.9. The molecule has 37 heavy (non-hydrogen) atoms. The number of esters is 1. The molecular formula is C31H60NO5. The summed E-state index contributed by atoms with van der Waals surface area (Å²) >= 11 is 0. The van der Waals surface area contributed by atoms with Crippen molar-refractivity contribution in [3.63, 3.8) is 0 Å². The molecule has 0 saturated heterocycles. The monoisotopic (exact) mass is 526 g/mol. The Morgan fingerprint density at radius 3 is 1.78 bits per heavy atom. The Hall–Kier alpha value is -1.30. The van der Waals surface area contributed by atoms with Gasteiger partial charge in [0.1, 0.15) is 6.61 Å². The minimum Gasteiger partial charge on any atom is -0.465 e. The fourth-order valence-corrected chi connectivity index (χ4v) is 4.58. The summed E-state index contributed by atoms with van der Waals surface area (Å²) in [5.41, 5.74) is 0. The van der Waals surface area contributed by atoms with Crippen molar-refractivity contribution in [2.45, 2.75) is 130 Å². The van der Waals surface area contributed by atoms with Crippen molar-refractivity contribution in [2.75, 3.05) is 39.5 Å². The predicted octanol–water partition coefficient (Wildman–Crippen LogP) is 8.37.